The smallest absolute Gasteiger partial charge is 0.228 e. The van der Waals surface area contributed by atoms with Gasteiger partial charge in [0.25, 0.3) is 0 Å². The summed E-state index contributed by atoms with van der Waals surface area (Å²) in [6, 6.07) is 13.1. The maximum absolute atomic E-state index is 11.9. The molecule has 0 atom stereocenters. The third-order valence-corrected chi connectivity index (χ3v) is 4.22. The number of rotatable bonds is 4. The number of benzene rings is 2. The van der Waals surface area contributed by atoms with Gasteiger partial charge in [0.15, 0.2) is 9.84 Å². The topological polar surface area (TPSA) is 63.2 Å². The van der Waals surface area contributed by atoms with Crippen LogP contribution < -0.4 is 5.32 Å². The minimum Gasteiger partial charge on any atom is -0.326 e. The summed E-state index contributed by atoms with van der Waals surface area (Å²) in [7, 11) is -3.21. The number of hydrogen-bond donors (Lipinski definition) is 1. The summed E-state index contributed by atoms with van der Waals surface area (Å²) in [6.45, 7) is 0. The molecule has 0 aliphatic carbocycles. The molecule has 2 aromatic carbocycles. The lowest BCUT2D eigenvalue weighted by Crippen LogP contribution is -2.14. The van der Waals surface area contributed by atoms with E-state index in [0.717, 1.165) is 11.8 Å². The summed E-state index contributed by atoms with van der Waals surface area (Å²) in [4.78, 5) is 12.1. The van der Waals surface area contributed by atoms with Crippen molar-refractivity contribution in [2.75, 3.05) is 11.6 Å². The van der Waals surface area contributed by atoms with Crippen molar-refractivity contribution in [3.8, 4) is 0 Å². The van der Waals surface area contributed by atoms with Gasteiger partial charge in [0.1, 0.15) is 0 Å². The van der Waals surface area contributed by atoms with Gasteiger partial charge in [-0.05, 0) is 42.0 Å². The molecule has 6 heteroatoms. The van der Waals surface area contributed by atoms with Gasteiger partial charge < -0.3 is 5.32 Å². The summed E-state index contributed by atoms with van der Waals surface area (Å²) >= 11 is 5.77. The highest BCUT2D eigenvalue weighted by atomic mass is 35.5. The molecule has 110 valence electrons. The second-order valence-corrected chi connectivity index (χ2v) is 7.10. The molecule has 0 aliphatic heterocycles. The van der Waals surface area contributed by atoms with Crippen LogP contribution in [0, 0.1) is 0 Å². The highest BCUT2D eigenvalue weighted by molar-refractivity contribution is 7.90. The van der Waals surface area contributed by atoms with Gasteiger partial charge in [-0.1, -0.05) is 23.7 Å². The highest BCUT2D eigenvalue weighted by Crippen LogP contribution is 2.14. The summed E-state index contributed by atoms with van der Waals surface area (Å²) in [5.41, 5.74) is 1.41. The van der Waals surface area contributed by atoms with Crippen LogP contribution in [0.15, 0.2) is 53.4 Å². The number of halogens is 1. The molecule has 0 aliphatic rings. The fourth-order valence-corrected chi connectivity index (χ4v) is 2.53. The fourth-order valence-electron chi connectivity index (χ4n) is 1.78. The highest BCUT2D eigenvalue weighted by Gasteiger charge is 2.08. The van der Waals surface area contributed by atoms with Crippen LogP contribution in [0.2, 0.25) is 5.02 Å². The van der Waals surface area contributed by atoms with Crippen molar-refractivity contribution in [1.29, 1.82) is 0 Å². The molecular weight excluding hydrogens is 310 g/mol. The van der Waals surface area contributed by atoms with Crippen molar-refractivity contribution in [3.05, 3.63) is 59.1 Å². The maximum Gasteiger partial charge on any atom is 0.228 e. The third kappa shape index (κ3) is 4.58. The first-order valence-corrected chi connectivity index (χ1v) is 8.46. The lowest BCUT2D eigenvalue weighted by molar-refractivity contribution is -0.115. The quantitative estimate of drug-likeness (QED) is 0.941. The van der Waals surface area contributed by atoms with Crippen molar-refractivity contribution in [1.82, 2.24) is 0 Å². The summed E-state index contributed by atoms with van der Waals surface area (Å²) in [5.74, 6) is -0.176. The molecule has 1 amide bonds. The number of amides is 1. The van der Waals surface area contributed by atoms with E-state index >= 15 is 0 Å². The number of anilines is 1. The van der Waals surface area contributed by atoms with Gasteiger partial charge >= 0.3 is 0 Å². The van der Waals surface area contributed by atoms with Crippen molar-refractivity contribution in [3.63, 3.8) is 0 Å². The molecule has 0 bridgehead atoms. The minimum absolute atomic E-state index is 0.173. The molecule has 0 unspecified atom stereocenters. The Morgan fingerprint density at radius 3 is 2.14 bits per heavy atom. The van der Waals surface area contributed by atoms with Crippen LogP contribution in [-0.4, -0.2) is 20.6 Å². The first-order valence-electron chi connectivity index (χ1n) is 6.19. The fraction of sp³-hybridized carbons (Fsp3) is 0.133. The zero-order chi connectivity index (χ0) is 15.5. The average Bonchev–Trinajstić information content (AvgIpc) is 2.41. The van der Waals surface area contributed by atoms with E-state index in [2.05, 4.69) is 5.32 Å². The number of hydrogen-bond acceptors (Lipinski definition) is 3. The second kappa shape index (κ2) is 6.28. The van der Waals surface area contributed by atoms with Gasteiger partial charge in [0, 0.05) is 17.0 Å². The number of carbonyl (C=O) groups is 1. The normalized spacial score (nSPS) is 11.1. The maximum atomic E-state index is 11.9. The predicted octanol–water partition coefficient (Wildman–Crippen LogP) is 2.92. The Bertz CT molecular complexity index is 737. The van der Waals surface area contributed by atoms with Gasteiger partial charge in [-0.3, -0.25) is 4.79 Å². The average molecular weight is 324 g/mol. The van der Waals surface area contributed by atoms with Gasteiger partial charge in [-0.15, -0.1) is 0 Å². The van der Waals surface area contributed by atoms with Gasteiger partial charge in [0.05, 0.1) is 11.3 Å². The van der Waals surface area contributed by atoms with Crippen LogP contribution in [0.4, 0.5) is 5.69 Å². The third-order valence-electron chi connectivity index (χ3n) is 2.84. The van der Waals surface area contributed by atoms with Crippen molar-refractivity contribution in [2.45, 2.75) is 11.3 Å². The van der Waals surface area contributed by atoms with Crippen LogP contribution in [0.1, 0.15) is 5.56 Å². The van der Waals surface area contributed by atoms with Crippen LogP contribution in [0.5, 0.6) is 0 Å². The monoisotopic (exact) mass is 323 g/mol. The van der Waals surface area contributed by atoms with Crippen molar-refractivity contribution >= 4 is 33.0 Å². The molecule has 0 spiro atoms. The van der Waals surface area contributed by atoms with Crippen LogP contribution in [-0.2, 0) is 21.1 Å². The lowest BCUT2D eigenvalue weighted by atomic mass is 10.1. The van der Waals surface area contributed by atoms with Gasteiger partial charge in [-0.2, -0.15) is 0 Å². The van der Waals surface area contributed by atoms with Crippen LogP contribution in [0.3, 0.4) is 0 Å². The van der Waals surface area contributed by atoms with E-state index in [4.69, 9.17) is 11.6 Å². The van der Waals surface area contributed by atoms with E-state index in [1.807, 2.05) is 0 Å². The second-order valence-electron chi connectivity index (χ2n) is 4.65. The Hall–Kier alpha value is -1.85. The number of nitrogens with one attached hydrogen (secondary N) is 1. The van der Waals surface area contributed by atoms with Crippen molar-refractivity contribution < 1.29 is 13.2 Å². The molecule has 1 N–H and O–H groups in total. The Morgan fingerprint density at radius 2 is 1.62 bits per heavy atom. The minimum atomic E-state index is -3.21. The van der Waals surface area contributed by atoms with E-state index in [-0.39, 0.29) is 17.2 Å². The van der Waals surface area contributed by atoms with Gasteiger partial charge in [-0.25, -0.2) is 8.42 Å². The van der Waals surface area contributed by atoms with Gasteiger partial charge in [0.2, 0.25) is 5.91 Å². The zero-order valence-electron chi connectivity index (χ0n) is 11.3. The molecule has 2 rings (SSSR count). The van der Waals surface area contributed by atoms with Crippen LogP contribution >= 0.6 is 11.6 Å². The lowest BCUT2D eigenvalue weighted by Gasteiger charge is -2.06. The first-order chi connectivity index (χ1) is 9.84. The molecule has 2 aromatic rings. The molecule has 21 heavy (non-hydrogen) atoms. The molecular formula is C15H14ClNO3S. The van der Waals surface area contributed by atoms with Crippen molar-refractivity contribution in [2.24, 2.45) is 0 Å². The van der Waals surface area contributed by atoms with E-state index in [9.17, 15) is 13.2 Å². The SMILES string of the molecule is CS(=O)(=O)c1ccc(CC(=O)Nc2ccc(Cl)cc2)cc1. The van der Waals surface area contributed by atoms with E-state index in [1.165, 1.54) is 12.1 Å². The number of sulfone groups is 1. The molecule has 4 nitrogen and oxygen atoms in total. The Labute approximate surface area is 128 Å². The molecule has 0 heterocycles. The molecule has 0 fully saturated rings. The molecule has 0 aromatic heterocycles. The Balaban J connectivity index is 2.01. The zero-order valence-corrected chi connectivity index (χ0v) is 12.9. The van der Waals surface area contributed by atoms with Crippen LogP contribution in [0.25, 0.3) is 0 Å². The summed E-state index contributed by atoms with van der Waals surface area (Å²) in [6.07, 6.45) is 1.32. The first kappa shape index (κ1) is 15.5. The number of carbonyl (C=O) groups excluding carboxylic acids is 1. The summed E-state index contributed by atoms with van der Waals surface area (Å²) < 4.78 is 22.7. The Kier molecular flexibility index (Phi) is 4.65. The standard InChI is InChI=1S/C15H14ClNO3S/c1-21(19,20)14-8-2-11(3-9-14)10-15(18)17-13-6-4-12(16)5-7-13/h2-9H,10H2,1H3,(H,17,18). The van der Waals surface area contributed by atoms with E-state index in [1.54, 1.807) is 36.4 Å². The van der Waals surface area contributed by atoms with E-state index < -0.39 is 9.84 Å². The largest absolute Gasteiger partial charge is 0.326 e. The predicted molar refractivity (Wildman–Crippen MR) is 83.3 cm³/mol. The Morgan fingerprint density at radius 1 is 1.05 bits per heavy atom. The molecule has 0 saturated heterocycles. The molecule has 0 saturated carbocycles. The summed E-state index contributed by atoms with van der Waals surface area (Å²) in [5, 5.41) is 3.35. The molecule has 0 radical (unpaired) electrons. The van der Waals surface area contributed by atoms with E-state index in [0.29, 0.717) is 10.7 Å².